The first kappa shape index (κ1) is 20.8. The van der Waals surface area contributed by atoms with Gasteiger partial charge in [0.25, 0.3) is 5.91 Å². The Balaban J connectivity index is 1.65. The van der Waals surface area contributed by atoms with Crippen LogP contribution in [-0.2, 0) is 4.79 Å². The fourth-order valence-corrected chi connectivity index (χ4v) is 4.13. The van der Waals surface area contributed by atoms with Gasteiger partial charge in [-0.2, -0.15) is 0 Å². The number of rotatable bonds is 5. The van der Waals surface area contributed by atoms with Gasteiger partial charge in [0.15, 0.2) is 22.9 Å². The van der Waals surface area contributed by atoms with Gasteiger partial charge in [-0.15, -0.1) is 0 Å². The minimum atomic E-state index is -0.885. The predicted octanol–water partition coefficient (Wildman–Crippen LogP) is 5.27. The Morgan fingerprint density at radius 1 is 1.12 bits per heavy atom. The lowest BCUT2D eigenvalue weighted by molar-refractivity contribution is -0.117. The zero-order valence-corrected chi connectivity index (χ0v) is 18.1. The number of hydrogen-bond acceptors (Lipinski definition) is 6. The number of nitrogens with zero attached hydrogens (tertiary/aromatic N) is 2. The lowest BCUT2D eigenvalue weighted by Gasteiger charge is -2.26. The minimum absolute atomic E-state index is 0.0131. The second-order valence-electron chi connectivity index (χ2n) is 7.42. The topological polar surface area (TPSA) is 92.9 Å². The fraction of sp³-hybridized carbons (Fsp3) is 0.0800. The number of ketones is 1. The summed E-state index contributed by atoms with van der Waals surface area (Å²) in [5.74, 6) is -1.47. The van der Waals surface area contributed by atoms with Gasteiger partial charge in [0.2, 0.25) is 5.78 Å². The van der Waals surface area contributed by atoms with Crippen molar-refractivity contribution in [1.29, 1.82) is 0 Å². The Labute approximate surface area is 193 Å². The van der Waals surface area contributed by atoms with Crippen molar-refractivity contribution in [2.75, 3.05) is 12.0 Å². The highest BCUT2D eigenvalue weighted by Gasteiger charge is 2.45. The summed E-state index contributed by atoms with van der Waals surface area (Å²) in [5, 5.41) is 12.0. The number of methoxy groups -OCH3 is 1. The van der Waals surface area contributed by atoms with Crippen LogP contribution in [0.4, 0.5) is 5.69 Å². The van der Waals surface area contributed by atoms with Crippen molar-refractivity contribution in [2.24, 2.45) is 0 Å². The van der Waals surface area contributed by atoms with Gasteiger partial charge in [-0.3, -0.25) is 19.5 Å². The van der Waals surface area contributed by atoms with Crippen molar-refractivity contribution >= 4 is 39.9 Å². The van der Waals surface area contributed by atoms with Gasteiger partial charge in [0, 0.05) is 28.5 Å². The smallest absolute Gasteiger partial charge is 0.294 e. The largest absolute Gasteiger partial charge is 0.503 e. The number of ether oxygens (including phenoxy) is 1. The normalized spacial score (nSPS) is 16.0. The van der Waals surface area contributed by atoms with Crippen LogP contribution in [0.1, 0.15) is 22.2 Å². The molecule has 0 aliphatic carbocycles. The Hall–Kier alpha value is -4.10. The molecule has 8 heteroatoms. The molecular formula is C25H17ClN2O5. The van der Waals surface area contributed by atoms with Gasteiger partial charge in [-0.25, -0.2) is 0 Å². The summed E-state index contributed by atoms with van der Waals surface area (Å²) in [4.78, 5) is 32.2. The van der Waals surface area contributed by atoms with E-state index in [9.17, 15) is 14.7 Å². The highest BCUT2D eigenvalue weighted by molar-refractivity contribution is 6.30. The molecule has 0 radical (unpaired) electrons. The lowest BCUT2D eigenvalue weighted by Crippen LogP contribution is -2.31. The molecule has 2 aromatic heterocycles. The maximum Gasteiger partial charge on any atom is 0.294 e. The predicted molar refractivity (Wildman–Crippen MR) is 123 cm³/mol. The van der Waals surface area contributed by atoms with E-state index in [1.165, 1.54) is 12.0 Å². The Kier molecular flexibility index (Phi) is 5.11. The SMILES string of the molecule is COc1cccc2cc(C(=O)C3=C(O)C(=O)N(c4ccc(Cl)cc4)C3c3ccncc3)oc12. The van der Waals surface area contributed by atoms with Crippen LogP contribution >= 0.6 is 11.6 Å². The number of aliphatic hydroxyl groups is 1. The summed E-state index contributed by atoms with van der Waals surface area (Å²) in [6, 6.07) is 15.9. The Morgan fingerprint density at radius 3 is 2.55 bits per heavy atom. The van der Waals surface area contributed by atoms with Crippen LogP contribution in [0.15, 0.2) is 88.8 Å². The molecule has 2 aromatic carbocycles. The van der Waals surface area contributed by atoms with E-state index in [-0.39, 0.29) is 11.3 Å². The average molecular weight is 461 g/mol. The second-order valence-corrected chi connectivity index (χ2v) is 7.85. The first-order valence-corrected chi connectivity index (χ1v) is 10.4. The molecule has 1 aliphatic rings. The van der Waals surface area contributed by atoms with Crippen LogP contribution in [0.25, 0.3) is 11.0 Å². The molecule has 0 spiro atoms. The van der Waals surface area contributed by atoms with E-state index >= 15 is 0 Å². The van der Waals surface area contributed by atoms with Gasteiger partial charge in [-0.05, 0) is 54.1 Å². The molecule has 3 heterocycles. The number of pyridine rings is 1. The van der Waals surface area contributed by atoms with E-state index < -0.39 is 23.5 Å². The first-order valence-electron chi connectivity index (χ1n) is 10.0. The number of aromatic nitrogens is 1. The average Bonchev–Trinajstić information content (AvgIpc) is 3.39. The highest BCUT2D eigenvalue weighted by Crippen LogP contribution is 2.42. The standard InChI is InChI=1S/C25H17ClN2O5/c1-32-18-4-2-3-15-13-19(33-24(15)18)22(29)20-21(14-9-11-27-12-10-14)28(25(31)23(20)30)17-7-5-16(26)6-8-17/h2-13,21,30H,1H3. The number of amides is 1. The second kappa shape index (κ2) is 8.11. The molecule has 1 unspecified atom stereocenters. The van der Waals surface area contributed by atoms with E-state index in [1.54, 1.807) is 73.1 Å². The van der Waals surface area contributed by atoms with Gasteiger partial charge in [0.1, 0.15) is 0 Å². The number of halogens is 1. The molecule has 5 rings (SSSR count). The molecule has 0 saturated carbocycles. The number of furan rings is 1. The summed E-state index contributed by atoms with van der Waals surface area (Å²) < 4.78 is 11.1. The van der Waals surface area contributed by atoms with E-state index in [1.807, 2.05) is 0 Å². The number of anilines is 1. The molecule has 1 N–H and O–H groups in total. The van der Waals surface area contributed by atoms with Gasteiger partial charge in [0.05, 0.1) is 18.7 Å². The summed E-state index contributed by atoms with van der Waals surface area (Å²) in [6.45, 7) is 0. The summed E-state index contributed by atoms with van der Waals surface area (Å²) in [6.07, 6.45) is 3.12. The molecule has 0 bridgehead atoms. The molecule has 33 heavy (non-hydrogen) atoms. The van der Waals surface area contributed by atoms with Gasteiger partial charge < -0.3 is 14.3 Å². The number of fused-ring (bicyclic) bond motifs is 1. The molecule has 4 aromatic rings. The van der Waals surface area contributed by atoms with E-state index in [4.69, 9.17) is 20.8 Å². The third-order valence-corrected chi connectivity index (χ3v) is 5.78. The summed E-state index contributed by atoms with van der Waals surface area (Å²) in [7, 11) is 1.51. The number of hydrogen-bond donors (Lipinski definition) is 1. The first-order chi connectivity index (χ1) is 16.0. The zero-order chi connectivity index (χ0) is 23.1. The fourth-order valence-electron chi connectivity index (χ4n) is 4.01. The van der Waals surface area contributed by atoms with Crippen molar-refractivity contribution in [3.63, 3.8) is 0 Å². The van der Waals surface area contributed by atoms with Crippen LogP contribution in [0.3, 0.4) is 0 Å². The molecule has 1 amide bonds. The van der Waals surface area contributed by atoms with Crippen molar-refractivity contribution in [3.05, 3.63) is 101 Å². The molecule has 0 fully saturated rings. The van der Waals surface area contributed by atoms with Gasteiger partial charge >= 0.3 is 0 Å². The Morgan fingerprint density at radius 2 is 1.85 bits per heavy atom. The lowest BCUT2D eigenvalue weighted by atomic mass is 9.95. The molecule has 1 atom stereocenters. The van der Waals surface area contributed by atoms with Crippen LogP contribution < -0.4 is 9.64 Å². The van der Waals surface area contributed by atoms with Crippen molar-refractivity contribution in [1.82, 2.24) is 4.98 Å². The monoisotopic (exact) mass is 460 g/mol. The molecular weight excluding hydrogens is 444 g/mol. The van der Waals surface area contributed by atoms with E-state index in [0.717, 1.165) is 0 Å². The molecule has 1 aliphatic heterocycles. The number of aliphatic hydroxyl groups excluding tert-OH is 1. The van der Waals surface area contributed by atoms with Crippen LogP contribution in [0, 0.1) is 0 Å². The summed E-state index contributed by atoms with van der Waals surface area (Å²) in [5.41, 5.74) is 1.41. The number of benzene rings is 2. The van der Waals surface area contributed by atoms with Crippen LogP contribution in [0.5, 0.6) is 5.75 Å². The third kappa shape index (κ3) is 3.43. The van der Waals surface area contributed by atoms with E-state index in [2.05, 4.69) is 4.98 Å². The van der Waals surface area contributed by atoms with Crippen LogP contribution in [-0.4, -0.2) is 28.9 Å². The van der Waals surface area contributed by atoms with E-state index in [0.29, 0.717) is 33.0 Å². The number of para-hydroxylation sites is 1. The number of carbonyl (C=O) groups excluding carboxylic acids is 2. The maximum absolute atomic E-state index is 13.6. The minimum Gasteiger partial charge on any atom is -0.503 e. The van der Waals surface area contributed by atoms with Crippen molar-refractivity contribution in [2.45, 2.75) is 6.04 Å². The molecule has 0 saturated heterocycles. The summed E-state index contributed by atoms with van der Waals surface area (Å²) >= 11 is 6.01. The van der Waals surface area contributed by atoms with Crippen molar-refractivity contribution < 1.29 is 23.8 Å². The van der Waals surface area contributed by atoms with Crippen LogP contribution in [0.2, 0.25) is 5.02 Å². The van der Waals surface area contributed by atoms with Gasteiger partial charge in [-0.1, -0.05) is 23.7 Å². The maximum atomic E-state index is 13.6. The highest BCUT2D eigenvalue weighted by atomic mass is 35.5. The van der Waals surface area contributed by atoms with Crippen molar-refractivity contribution in [3.8, 4) is 5.75 Å². The molecule has 164 valence electrons. The molecule has 7 nitrogen and oxygen atoms in total. The third-order valence-electron chi connectivity index (χ3n) is 5.53. The number of carbonyl (C=O) groups is 2. The quantitative estimate of drug-likeness (QED) is 0.408. The Bertz CT molecular complexity index is 1410. The zero-order valence-electron chi connectivity index (χ0n) is 17.4. The number of Topliss-reactive ketones (excluding diaryl/α,β-unsaturated/α-hetero) is 1.